The zero-order chi connectivity index (χ0) is 30.4. The molecule has 0 fully saturated rings. The second kappa shape index (κ2) is 16.3. The summed E-state index contributed by atoms with van der Waals surface area (Å²) in [6.45, 7) is 4.68. The number of hydrogen-bond donors (Lipinski definition) is 5. The van der Waals surface area contributed by atoms with E-state index in [1.807, 2.05) is 36.4 Å². The van der Waals surface area contributed by atoms with E-state index in [0.29, 0.717) is 64.0 Å². The fourth-order valence-corrected chi connectivity index (χ4v) is 4.57. The summed E-state index contributed by atoms with van der Waals surface area (Å²) in [6, 6.07) is 13.8. The maximum Gasteiger partial charge on any atom is 0.222 e. The van der Waals surface area contributed by atoms with Gasteiger partial charge in [-0.3, -0.25) is 19.8 Å². The first kappa shape index (κ1) is 31.5. The van der Waals surface area contributed by atoms with E-state index in [1.54, 1.807) is 14.2 Å². The highest BCUT2D eigenvalue weighted by Crippen LogP contribution is 2.42. The minimum atomic E-state index is -0.0473. The lowest BCUT2D eigenvalue weighted by molar-refractivity contribution is -0.122. The molecule has 0 saturated carbocycles. The van der Waals surface area contributed by atoms with Gasteiger partial charge in [0, 0.05) is 49.1 Å². The van der Waals surface area contributed by atoms with Crippen molar-refractivity contribution in [3.63, 3.8) is 0 Å². The SMILES string of the molecule is COc1cc2cc3c(Nc4cccc(OCCOCCOCCC(=O)NCCCCNC(C)=O)c4)[nH][nH]c-3c2cc1OC. The van der Waals surface area contributed by atoms with Gasteiger partial charge >= 0.3 is 0 Å². The molecule has 0 atom stereocenters. The third-order valence-electron chi connectivity index (χ3n) is 6.72. The number of H-pyrrole nitrogens is 2. The fourth-order valence-electron chi connectivity index (χ4n) is 4.57. The van der Waals surface area contributed by atoms with Gasteiger partial charge in [0.1, 0.15) is 18.2 Å². The van der Waals surface area contributed by atoms with Crippen molar-refractivity contribution in [1.29, 1.82) is 0 Å². The summed E-state index contributed by atoms with van der Waals surface area (Å²) < 4.78 is 27.8. The van der Waals surface area contributed by atoms with Crippen molar-refractivity contribution < 1.29 is 33.3 Å². The van der Waals surface area contributed by atoms with Crippen LogP contribution in [0.15, 0.2) is 42.5 Å². The van der Waals surface area contributed by atoms with Gasteiger partial charge in [-0.05, 0) is 48.6 Å². The Morgan fingerprint density at radius 3 is 2.30 bits per heavy atom. The Morgan fingerprint density at radius 2 is 1.53 bits per heavy atom. The third-order valence-corrected chi connectivity index (χ3v) is 6.72. The summed E-state index contributed by atoms with van der Waals surface area (Å²) in [7, 11) is 3.26. The van der Waals surface area contributed by atoms with Gasteiger partial charge in [-0.1, -0.05) is 6.07 Å². The predicted molar refractivity (Wildman–Crippen MR) is 165 cm³/mol. The number of amides is 2. The summed E-state index contributed by atoms with van der Waals surface area (Å²) in [6.07, 6.45) is 1.95. The number of carbonyl (C=O) groups excluding carboxylic acids is 2. The first-order valence-electron chi connectivity index (χ1n) is 14.4. The van der Waals surface area contributed by atoms with Crippen LogP contribution in [-0.2, 0) is 19.1 Å². The number of aromatic nitrogens is 2. The maximum absolute atomic E-state index is 11.8. The zero-order valence-corrected chi connectivity index (χ0v) is 25.0. The van der Waals surface area contributed by atoms with Crippen LogP contribution < -0.4 is 30.2 Å². The van der Waals surface area contributed by atoms with Crippen molar-refractivity contribution in [2.45, 2.75) is 26.2 Å². The number of fused-ring (bicyclic) bond motifs is 3. The van der Waals surface area contributed by atoms with Crippen molar-refractivity contribution in [1.82, 2.24) is 20.8 Å². The van der Waals surface area contributed by atoms with E-state index in [4.69, 9.17) is 23.7 Å². The molecule has 2 amide bonds. The van der Waals surface area contributed by atoms with Crippen LogP contribution in [0.1, 0.15) is 26.2 Å². The topological polar surface area (TPSA) is 148 Å². The van der Waals surface area contributed by atoms with Crippen LogP contribution in [0.25, 0.3) is 22.0 Å². The van der Waals surface area contributed by atoms with Gasteiger partial charge in [0.05, 0.1) is 46.3 Å². The van der Waals surface area contributed by atoms with E-state index in [0.717, 1.165) is 52.1 Å². The Kier molecular flexibility index (Phi) is 11.9. The van der Waals surface area contributed by atoms with Gasteiger partial charge in [0.15, 0.2) is 11.5 Å². The number of rotatable bonds is 19. The molecule has 0 bridgehead atoms. The molecule has 4 rings (SSSR count). The molecule has 0 aromatic heterocycles. The van der Waals surface area contributed by atoms with E-state index < -0.39 is 0 Å². The van der Waals surface area contributed by atoms with Gasteiger partial charge in [-0.15, -0.1) is 0 Å². The monoisotopic (exact) mass is 595 g/mol. The summed E-state index contributed by atoms with van der Waals surface area (Å²) in [5.74, 6) is 2.83. The van der Waals surface area contributed by atoms with Crippen LogP contribution in [0, 0.1) is 0 Å². The van der Waals surface area contributed by atoms with E-state index in [-0.39, 0.29) is 11.8 Å². The smallest absolute Gasteiger partial charge is 0.222 e. The first-order chi connectivity index (χ1) is 21.0. The Balaban J connectivity index is 1.11. The first-order valence-corrected chi connectivity index (χ1v) is 14.4. The number of aromatic amines is 2. The maximum atomic E-state index is 11.8. The van der Waals surface area contributed by atoms with E-state index >= 15 is 0 Å². The van der Waals surface area contributed by atoms with Crippen molar-refractivity contribution in [3.8, 4) is 28.5 Å². The van der Waals surface area contributed by atoms with E-state index in [9.17, 15) is 9.59 Å². The molecule has 2 aromatic carbocycles. The molecule has 1 aliphatic carbocycles. The normalized spacial score (nSPS) is 11.0. The van der Waals surface area contributed by atoms with Gasteiger partial charge in [-0.25, -0.2) is 0 Å². The summed E-state index contributed by atoms with van der Waals surface area (Å²) >= 11 is 0. The number of hydrogen-bond acceptors (Lipinski definition) is 8. The number of nitrogens with one attached hydrogen (secondary N) is 5. The molecule has 5 N–H and O–H groups in total. The molecule has 0 radical (unpaired) electrons. The zero-order valence-electron chi connectivity index (χ0n) is 25.0. The molecule has 43 heavy (non-hydrogen) atoms. The number of benzene rings is 2. The lowest BCUT2D eigenvalue weighted by Gasteiger charge is -2.10. The van der Waals surface area contributed by atoms with Crippen LogP contribution in [0.3, 0.4) is 0 Å². The van der Waals surface area contributed by atoms with Crippen molar-refractivity contribution in [2.24, 2.45) is 0 Å². The van der Waals surface area contributed by atoms with Gasteiger partial charge < -0.3 is 39.6 Å². The Morgan fingerprint density at radius 1 is 0.814 bits per heavy atom. The number of methoxy groups -OCH3 is 2. The quantitative estimate of drug-likeness (QED) is 0.101. The van der Waals surface area contributed by atoms with Crippen LogP contribution in [0.4, 0.5) is 11.5 Å². The number of carbonyl (C=O) groups is 2. The summed E-state index contributed by atoms with van der Waals surface area (Å²) in [5.41, 5.74) is 2.86. The summed E-state index contributed by atoms with van der Waals surface area (Å²) in [4.78, 5) is 22.6. The van der Waals surface area contributed by atoms with Gasteiger partial charge in [-0.2, -0.15) is 0 Å². The largest absolute Gasteiger partial charge is 0.493 e. The van der Waals surface area contributed by atoms with Crippen molar-refractivity contribution >= 4 is 34.1 Å². The van der Waals surface area contributed by atoms with Crippen LogP contribution in [0.2, 0.25) is 0 Å². The Labute approximate surface area is 251 Å². The molecule has 12 nitrogen and oxygen atoms in total. The summed E-state index contributed by atoms with van der Waals surface area (Å²) in [5, 5.41) is 17.5. The van der Waals surface area contributed by atoms with Gasteiger partial charge in [0.2, 0.25) is 11.8 Å². The molecule has 232 valence electrons. The van der Waals surface area contributed by atoms with Gasteiger partial charge in [0.25, 0.3) is 0 Å². The minimum Gasteiger partial charge on any atom is -0.493 e. The standard InChI is InChI=1S/C31H41N5O7/c1-21(37)32-10-4-5-11-33-29(38)9-12-41-13-14-42-15-16-43-24-8-6-7-23(19-24)34-31-26-17-22-18-27(39-2)28(40-3)20-25(22)30(26)35-36-31/h6-8,17-20,34-36H,4-5,9-16H2,1-3H3,(H,32,37)(H,33,38). The molecule has 2 aromatic rings. The highest BCUT2D eigenvalue weighted by molar-refractivity contribution is 6.05. The van der Waals surface area contributed by atoms with Crippen LogP contribution >= 0.6 is 0 Å². The molecule has 0 spiro atoms. The number of unbranched alkanes of at least 4 members (excludes halogenated alkanes) is 1. The minimum absolute atomic E-state index is 0.0399. The lowest BCUT2D eigenvalue weighted by atomic mass is 10.2. The molecule has 1 aliphatic heterocycles. The third kappa shape index (κ3) is 9.29. The highest BCUT2D eigenvalue weighted by atomic mass is 16.5. The molecule has 2 aliphatic rings. The average Bonchev–Trinajstić information content (AvgIpc) is 3.56. The molecule has 0 unspecified atom stereocenters. The van der Waals surface area contributed by atoms with E-state index in [2.05, 4.69) is 32.2 Å². The lowest BCUT2D eigenvalue weighted by Crippen LogP contribution is -2.27. The molecular weight excluding hydrogens is 554 g/mol. The highest BCUT2D eigenvalue weighted by Gasteiger charge is 2.19. The molecule has 1 heterocycles. The Hall–Kier alpha value is -4.42. The van der Waals surface area contributed by atoms with Crippen LogP contribution in [-0.4, -0.2) is 82.4 Å². The number of anilines is 2. The predicted octanol–water partition coefficient (Wildman–Crippen LogP) is 4.20. The average molecular weight is 596 g/mol. The molecule has 12 heteroatoms. The molecular formula is C31H41N5O7. The van der Waals surface area contributed by atoms with Crippen molar-refractivity contribution in [3.05, 3.63) is 42.5 Å². The Bertz CT molecular complexity index is 1430. The van der Waals surface area contributed by atoms with Crippen molar-refractivity contribution in [2.75, 3.05) is 65.7 Å². The second-order valence-corrected chi connectivity index (χ2v) is 9.87. The molecule has 0 saturated heterocycles. The number of ether oxygens (including phenoxy) is 5. The van der Waals surface area contributed by atoms with E-state index in [1.165, 1.54) is 6.92 Å². The van der Waals surface area contributed by atoms with Crippen LogP contribution in [0.5, 0.6) is 17.2 Å². The second-order valence-electron chi connectivity index (χ2n) is 9.87. The fraction of sp³-hybridized carbons (Fsp3) is 0.419.